The van der Waals surface area contributed by atoms with Crippen LogP contribution >= 0.6 is 0 Å². The van der Waals surface area contributed by atoms with Crippen LogP contribution in [0.2, 0.25) is 0 Å². The number of rotatable bonds is 7. The highest BCUT2D eigenvalue weighted by molar-refractivity contribution is 5.91. The quantitative estimate of drug-likeness (QED) is 0.604. The average Bonchev–Trinajstić information content (AvgIpc) is 2.63. The van der Waals surface area contributed by atoms with Crippen molar-refractivity contribution < 1.29 is 32.2 Å². The maximum absolute atomic E-state index is 12.6. The lowest BCUT2D eigenvalue weighted by Crippen LogP contribution is -2.32. The van der Waals surface area contributed by atoms with Gasteiger partial charge in [-0.2, -0.15) is 13.2 Å². The summed E-state index contributed by atoms with van der Waals surface area (Å²) in [5.74, 6) is -0.938. The van der Waals surface area contributed by atoms with Crippen LogP contribution in [0.5, 0.6) is 5.75 Å². The molecular weight excluding hydrogens is 351 g/mol. The van der Waals surface area contributed by atoms with Gasteiger partial charge in [-0.3, -0.25) is 4.79 Å². The van der Waals surface area contributed by atoms with Crippen molar-refractivity contribution in [3.8, 4) is 5.75 Å². The molecule has 1 amide bonds. The Labute approximate surface area is 147 Å². The van der Waals surface area contributed by atoms with Gasteiger partial charge in [0, 0.05) is 0 Å². The van der Waals surface area contributed by atoms with Gasteiger partial charge in [-0.25, -0.2) is 4.79 Å². The van der Waals surface area contributed by atoms with Crippen LogP contribution in [0, 0.1) is 0 Å². The Morgan fingerprint density at radius 2 is 1.73 bits per heavy atom. The molecule has 0 aromatic heterocycles. The number of ether oxygens (including phenoxy) is 2. The van der Waals surface area contributed by atoms with Gasteiger partial charge in [0.15, 0.2) is 6.61 Å². The average molecular weight is 367 g/mol. The van der Waals surface area contributed by atoms with Crippen molar-refractivity contribution in [2.75, 3.05) is 19.8 Å². The molecule has 0 bridgehead atoms. The Morgan fingerprint density at radius 3 is 2.42 bits per heavy atom. The zero-order valence-electron chi connectivity index (χ0n) is 13.6. The minimum Gasteiger partial charge on any atom is -0.492 e. The first-order valence-corrected chi connectivity index (χ1v) is 7.65. The third kappa shape index (κ3) is 6.12. The predicted octanol–water partition coefficient (Wildman–Crippen LogP) is 3.06. The van der Waals surface area contributed by atoms with Crippen LogP contribution in [-0.2, 0) is 15.7 Å². The maximum atomic E-state index is 12.6. The molecule has 1 N–H and O–H groups in total. The summed E-state index contributed by atoms with van der Waals surface area (Å²) >= 11 is 0. The van der Waals surface area contributed by atoms with E-state index in [2.05, 4.69) is 5.32 Å². The van der Waals surface area contributed by atoms with Gasteiger partial charge in [0.05, 0.1) is 17.7 Å². The summed E-state index contributed by atoms with van der Waals surface area (Å²) in [7, 11) is 0. The highest BCUT2D eigenvalue weighted by Crippen LogP contribution is 2.29. The summed E-state index contributed by atoms with van der Waals surface area (Å²) in [4.78, 5) is 23.3. The molecule has 0 aliphatic carbocycles. The molecule has 2 aromatic carbocycles. The van der Waals surface area contributed by atoms with Gasteiger partial charge in [0.2, 0.25) is 0 Å². The van der Waals surface area contributed by atoms with Crippen LogP contribution in [0.4, 0.5) is 13.2 Å². The van der Waals surface area contributed by atoms with Crippen LogP contribution < -0.4 is 10.1 Å². The van der Waals surface area contributed by atoms with Crippen LogP contribution in [0.3, 0.4) is 0 Å². The number of carbonyl (C=O) groups excluding carboxylic acids is 2. The van der Waals surface area contributed by atoms with Crippen LogP contribution in [0.15, 0.2) is 54.6 Å². The van der Waals surface area contributed by atoms with Crippen LogP contribution in [0.1, 0.15) is 15.9 Å². The van der Waals surface area contributed by atoms with E-state index in [1.165, 1.54) is 6.07 Å². The van der Waals surface area contributed by atoms with E-state index in [1.54, 1.807) is 24.3 Å². The van der Waals surface area contributed by atoms with Gasteiger partial charge in [0.25, 0.3) is 5.91 Å². The molecule has 0 heterocycles. The van der Waals surface area contributed by atoms with Gasteiger partial charge >= 0.3 is 12.1 Å². The lowest BCUT2D eigenvalue weighted by Gasteiger charge is -2.10. The van der Waals surface area contributed by atoms with E-state index in [-0.39, 0.29) is 18.7 Å². The molecule has 0 saturated heterocycles. The standard InChI is InChI=1S/C18H16F3NO4/c19-18(20,21)14-6-4-5-13(11-14)17(24)26-12-16(23)22-9-10-25-15-7-2-1-3-8-15/h1-8,11H,9-10,12H2,(H,22,23). The normalized spacial score (nSPS) is 10.9. The van der Waals surface area contributed by atoms with Crippen molar-refractivity contribution >= 4 is 11.9 Å². The molecule has 0 aliphatic rings. The fraction of sp³-hybridized carbons (Fsp3) is 0.222. The molecule has 2 aromatic rings. The zero-order chi connectivity index (χ0) is 19.0. The van der Waals surface area contributed by atoms with Gasteiger partial charge in [-0.1, -0.05) is 24.3 Å². The molecule has 2 rings (SSSR count). The van der Waals surface area contributed by atoms with Crippen molar-refractivity contribution in [1.82, 2.24) is 5.32 Å². The Balaban J connectivity index is 1.72. The van der Waals surface area contributed by atoms with E-state index >= 15 is 0 Å². The van der Waals surface area contributed by atoms with Gasteiger partial charge in [0.1, 0.15) is 12.4 Å². The van der Waals surface area contributed by atoms with Gasteiger partial charge in [-0.05, 0) is 30.3 Å². The fourth-order valence-corrected chi connectivity index (χ4v) is 1.96. The molecule has 0 unspecified atom stereocenters. The van der Waals surface area contributed by atoms with Crippen LogP contribution in [-0.4, -0.2) is 31.6 Å². The van der Waals surface area contributed by atoms with Crippen molar-refractivity contribution in [3.05, 3.63) is 65.7 Å². The Bertz CT molecular complexity index is 748. The van der Waals surface area contributed by atoms with Crippen molar-refractivity contribution in [2.45, 2.75) is 6.18 Å². The highest BCUT2D eigenvalue weighted by atomic mass is 19.4. The molecule has 138 valence electrons. The predicted molar refractivity (Wildman–Crippen MR) is 86.7 cm³/mol. The molecule has 8 heteroatoms. The number of hydrogen-bond donors (Lipinski definition) is 1. The molecule has 0 spiro atoms. The molecule has 0 fully saturated rings. The van der Waals surface area contributed by atoms with E-state index in [4.69, 9.17) is 9.47 Å². The van der Waals surface area contributed by atoms with E-state index in [9.17, 15) is 22.8 Å². The third-order valence-corrected chi connectivity index (χ3v) is 3.20. The zero-order valence-corrected chi connectivity index (χ0v) is 13.6. The highest BCUT2D eigenvalue weighted by Gasteiger charge is 2.31. The largest absolute Gasteiger partial charge is 0.492 e. The number of benzene rings is 2. The summed E-state index contributed by atoms with van der Waals surface area (Å²) in [6, 6.07) is 12.8. The van der Waals surface area contributed by atoms with E-state index in [1.807, 2.05) is 6.07 Å². The smallest absolute Gasteiger partial charge is 0.416 e. The number of esters is 1. The summed E-state index contributed by atoms with van der Waals surface area (Å²) in [6.07, 6.45) is -4.56. The first-order valence-electron chi connectivity index (χ1n) is 7.65. The van der Waals surface area contributed by atoms with Gasteiger partial charge in [-0.15, -0.1) is 0 Å². The number of hydrogen-bond acceptors (Lipinski definition) is 4. The molecule has 26 heavy (non-hydrogen) atoms. The first kappa shape index (κ1) is 19.3. The molecular formula is C18H16F3NO4. The number of carbonyl (C=O) groups is 2. The van der Waals surface area contributed by atoms with Gasteiger partial charge < -0.3 is 14.8 Å². The summed E-state index contributed by atoms with van der Waals surface area (Å²) < 4.78 is 47.9. The molecule has 0 aliphatic heterocycles. The molecule has 0 saturated carbocycles. The fourth-order valence-electron chi connectivity index (χ4n) is 1.96. The van der Waals surface area contributed by atoms with Crippen LogP contribution in [0.25, 0.3) is 0 Å². The number of halogens is 3. The third-order valence-electron chi connectivity index (χ3n) is 3.20. The summed E-state index contributed by atoms with van der Waals surface area (Å²) in [5, 5.41) is 2.47. The van der Waals surface area contributed by atoms with E-state index in [0.717, 1.165) is 12.1 Å². The minimum absolute atomic E-state index is 0.189. The minimum atomic E-state index is -4.56. The van der Waals surface area contributed by atoms with E-state index < -0.39 is 30.2 Å². The number of alkyl halides is 3. The first-order chi connectivity index (χ1) is 12.4. The van der Waals surface area contributed by atoms with E-state index in [0.29, 0.717) is 11.8 Å². The topological polar surface area (TPSA) is 64.6 Å². The second-order valence-electron chi connectivity index (χ2n) is 5.17. The summed E-state index contributed by atoms with van der Waals surface area (Å²) in [5.41, 5.74) is -1.24. The molecule has 0 radical (unpaired) electrons. The lowest BCUT2D eigenvalue weighted by molar-refractivity contribution is -0.137. The Hall–Kier alpha value is -3.03. The van der Waals surface area contributed by atoms with Crippen molar-refractivity contribution in [3.63, 3.8) is 0 Å². The monoisotopic (exact) mass is 367 g/mol. The second-order valence-corrected chi connectivity index (χ2v) is 5.17. The number of amides is 1. The lowest BCUT2D eigenvalue weighted by atomic mass is 10.1. The number of para-hydroxylation sites is 1. The summed E-state index contributed by atoms with van der Waals surface area (Å²) in [6.45, 7) is -0.188. The second kappa shape index (κ2) is 8.89. The van der Waals surface area contributed by atoms with Crippen molar-refractivity contribution in [1.29, 1.82) is 0 Å². The SMILES string of the molecule is O=C(COC(=O)c1cccc(C(F)(F)F)c1)NCCOc1ccccc1. The molecule has 5 nitrogen and oxygen atoms in total. The molecule has 0 atom stereocenters. The number of nitrogens with one attached hydrogen (secondary N) is 1. The van der Waals surface area contributed by atoms with Crippen molar-refractivity contribution in [2.24, 2.45) is 0 Å². The maximum Gasteiger partial charge on any atom is 0.416 e. The Kier molecular flexibility index (Phi) is 6.60. The Morgan fingerprint density at radius 1 is 1.00 bits per heavy atom.